The van der Waals surface area contributed by atoms with Gasteiger partial charge in [0.2, 0.25) is 0 Å². The summed E-state index contributed by atoms with van der Waals surface area (Å²) in [6, 6.07) is 22.7. The van der Waals surface area contributed by atoms with Crippen LogP contribution in [0.1, 0.15) is 49.2 Å². The quantitative estimate of drug-likeness (QED) is 0.203. The number of rotatable bonds is 7. The second-order valence-corrected chi connectivity index (χ2v) is 12.5. The van der Waals surface area contributed by atoms with E-state index in [0.29, 0.717) is 37.9 Å². The minimum atomic E-state index is -0.696. The molecule has 1 aliphatic heterocycles. The fourth-order valence-electron chi connectivity index (χ4n) is 5.71. The van der Waals surface area contributed by atoms with Crippen molar-refractivity contribution in [1.82, 2.24) is 9.13 Å². The second kappa shape index (κ2) is 11.9. The molecule has 0 saturated heterocycles. The molecule has 224 valence electrons. The molecular formula is C35H32ClN3O4S. The van der Waals surface area contributed by atoms with Gasteiger partial charge in [0, 0.05) is 33.7 Å². The summed E-state index contributed by atoms with van der Waals surface area (Å²) in [6.45, 7) is 8.13. The number of methoxy groups -OCH3 is 1. The Labute approximate surface area is 264 Å². The summed E-state index contributed by atoms with van der Waals surface area (Å²) < 4.78 is 15.4. The number of allylic oxidation sites excluding steroid dienone is 1. The molecule has 44 heavy (non-hydrogen) atoms. The monoisotopic (exact) mass is 625 g/mol. The van der Waals surface area contributed by atoms with Crippen LogP contribution < -0.4 is 19.6 Å². The smallest absolute Gasteiger partial charge is 0.338 e. The van der Waals surface area contributed by atoms with Crippen molar-refractivity contribution in [2.24, 2.45) is 4.99 Å². The Morgan fingerprint density at radius 1 is 1.05 bits per heavy atom. The minimum Gasteiger partial charge on any atom is -0.497 e. The van der Waals surface area contributed by atoms with Crippen LogP contribution in [0.2, 0.25) is 5.02 Å². The molecular weight excluding hydrogens is 594 g/mol. The Bertz CT molecular complexity index is 2100. The highest BCUT2D eigenvalue weighted by Crippen LogP contribution is 2.32. The van der Waals surface area contributed by atoms with E-state index in [2.05, 4.69) is 23.6 Å². The summed E-state index contributed by atoms with van der Waals surface area (Å²) in [7, 11) is 1.60. The number of ether oxygens (including phenoxy) is 2. The van der Waals surface area contributed by atoms with E-state index in [1.165, 1.54) is 11.3 Å². The Kier molecular flexibility index (Phi) is 8.05. The zero-order chi connectivity index (χ0) is 31.1. The third-order valence-corrected chi connectivity index (χ3v) is 9.06. The van der Waals surface area contributed by atoms with Crippen LogP contribution in [0, 0.1) is 6.92 Å². The maximum atomic E-state index is 14.3. The highest BCUT2D eigenvalue weighted by atomic mass is 35.5. The van der Waals surface area contributed by atoms with Crippen LogP contribution in [0.4, 0.5) is 0 Å². The molecule has 1 atom stereocenters. The summed E-state index contributed by atoms with van der Waals surface area (Å²) >= 11 is 7.45. The van der Waals surface area contributed by atoms with E-state index < -0.39 is 12.0 Å². The summed E-state index contributed by atoms with van der Waals surface area (Å²) in [4.78, 5) is 32.9. The van der Waals surface area contributed by atoms with Crippen molar-refractivity contribution in [3.63, 3.8) is 0 Å². The largest absolute Gasteiger partial charge is 0.497 e. The van der Waals surface area contributed by atoms with Gasteiger partial charge in [0.25, 0.3) is 5.56 Å². The molecule has 0 spiro atoms. The lowest BCUT2D eigenvalue weighted by molar-refractivity contribution is -0.143. The Morgan fingerprint density at radius 3 is 2.43 bits per heavy atom. The molecule has 0 bridgehead atoms. The summed E-state index contributed by atoms with van der Waals surface area (Å²) in [5.74, 6) is 0.191. The van der Waals surface area contributed by atoms with E-state index >= 15 is 0 Å². The molecule has 6 rings (SSSR count). The van der Waals surface area contributed by atoms with Crippen LogP contribution in [0.25, 0.3) is 17.0 Å². The van der Waals surface area contributed by atoms with Crippen molar-refractivity contribution in [2.45, 2.75) is 46.4 Å². The van der Waals surface area contributed by atoms with Gasteiger partial charge in [0.15, 0.2) is 4.80 Å². The molecule has 3 heterocycles. The average molecular weight is 626 g/mol. The molecule has 7 nitrogen and oxygen atoms in total. The number of carbonyl (C=O) groups excluding carboxylic acids is 1. The van der Waals surface area contributed by atoms with Gasteiger partial charge in [-0.25, -0.2) is 9.79 Å². The number of benzene rings is 3. The number of fused-ring (bicyclic) bond motifs is 2. The third kappa shape index (κ3) is 5.40. The molecule has 3 aromatic carbocycles. The van der Waals surface area contributed by atoms with Gasteiger partial charge in [-0.15, -0.1) is 0 Å². The standard InChI is InChI=1S/C35H32ClN3O4S/c1-20(2)43-34(41)31-21(3)37-35-39(32(31)24-12-16-26(42-5)17-13-24)33(40)30(44-35)18-28-22(4)38(29-9-7-6-8-27(28)29)19-23-10-14-25(36)15-11-23/h6-18,20,32H,19H2,1-5H3/b30-18-/t32-/m0/s1. The number of carbonyl (C=O) groups is 1. The third-order valence-electron chi connectivity index (χ3n) is 7.82. The zero-order valence-corrected chi connectivity index (χ0v) is 26.7. The Morgan fingerprint density at radius 2 is 1.75 bits per heavy atom. The molecule has 0 radical (unpaired) electrons. The molecule has 0 fully saturated rings. The SMILES string of the molecule is COc1ccc([C@H]2C(C(=O)OC(C)C)=C(C)N=c3s/c(=C\c4c(C)n(Cc5ccc(Cl)cc5)c5ccccc45)c(=O)n32)cc1. The van der Waals surface area contributed by atoms with Crippen LogP contribution in [0.5, 0.6) is 5.75 Å². The highest BCUT2D eigenvalue weighted by molar-refractivity contribution is 7.07. The van der Waals surface area contributed by atoms with Gasteiger partial charge in [-0.3, -0.25) is 9.36 Å². The number of esters is 1. The molecule has 0 N–H and O–H groups in total. The Hall–Kier alpha value is -4.40. The first kappa shape index (κ1) is 29.7. The van der Waals surface area contributed by atoms with E-state index in [1.807, 2.05) is 66.7 Å². The molecule has 1 aliphatic rings. The van der Waals surface area contributed by atoms with Gasteiger partial charge >= 0.3 is 5.97 Å². The van der Waals surface area contributed by atoms with E-state index in [-0.39, 0.29) is 11.7 Å². The first-order chi connectivity index (χ1) is 21.2. The molecule has 9 heteroatoms. The predicted octanol–water partition coefficient (Wildman–Crippen LogP) is 6.16. The van der Waals surface area contributed by atoms with Gasteiger partial charge < -0.3 is 14.0 Å². The molecule has 0 unspecified atom stereocenters. The van der Waals surface area contributed by atoms with E-state index in [4.69, 9.17) is 26.1 Å². The van der Waals surface area contributed by atoms with Gasteiger partial charge in [-0.2, -0.15) is 0 Å². The van der Waals surface area contributed by atoms with Crippen molar-refractivity contribution in [3.05, 3.63) is 131 Å². The van der Waals surface area contributed by atoms with Gasteiger partial charge in [0.1, 0.15) is 5.75 Å². The number of thiazole rings is 1. The molecule has 0 saturated carbocycles. The molecule has 5 aromatic rings. The van der Waals surface area contributed by atoms with Gasteiger partial charge in [-0.1, -0.05) is 65.4 Å². The number of aromatic nitrogens is 2. The van der Waals surface area contributed by atoms with E-state index in [1.54, 1.807) is 32.4 Å². The average Bonchev–Trinajstić information content (AvgIpc) is 3.45. The van der Waals surface area contributed by atoms with Crippen LogP contribution in [-0.2, 0) is 16.1 Å². The topological polar surface area (TPSA) is 74.8 Å². The Balaban J connectivity index is 1.53. The molecule has 0 aliphatic carbocycles. The van der Waals surface area contributed by atoms with Crippen LogP contribution in [0.15, 0.2) is 93.9 Å². The number of nitrogens with zero attached hydrogens (tertiary/aromatic N) is 3. The first-order valence-electron chi connectivity index (χ1n) is 14.4. The maximum Gasteiger partial charge on any atom is 0.338 e. The van der Waals surface area contributed by atoms with Crippen LogP contribution >= 0.6 is 22.9 Å². The normalized spacial score (nSPS) is 15.1. The minimum absolute atomic E-state index is 0.217. The van der Waals surface area contributed by atoms with E-state index in [0.717, 1.165) is 33.3 Å². The fraction of sp³-hybridized carbons (Fsp3) is 0.229. The van der Waals surface area contributed by atoms with Crippen LogP contribution in [-0.4, -0.2) is 28.3 Å². The number of para-hydroxylation sites is 1. The van der Waals surface area contributed by atoms with Gasteiger partial charge in [0.05, 0.1) is 35.1 Å². The molecule has 2 aromatic heterocycles. The lowest BCUT2D eigenvalue weighted by atomic mass is 9.96. The predicted molar refractivity (Wildman–Crippen MR) is 175 cm³/mol. The first-order valence-corrected chi connectivity index (χ1v) is 15.6. The number of halogens is 1. The van der Waals surface area contributed by atoms with Crippen molar-refractivity contribution in [3.8, 4) is 5.75 Å². The summed E-state index contributed by atoms with van der Waals surface area (Å²) in [5, 5.41) is 1.75. The van der Waals surface area contributed by atoms with Crippen molar-refractivity contribution < 1.29 is 14.3 Å². The van der Waals surface area contributed by atoms with E-state index in [9.17, 15) is 9.59 Å². The number of hydrogen-bond acceptors (Lipinski definition) is 6. The maximum absolute atomic E-state index is 14.3. The highest BCUT2D eigenvalue weighted by Gasteiger charge is 2.34. The summed E-state index contributed by atoms with van der Waals surface area (Å²) in [5.41, 5.74) is 5.63. The lowest BCUT2D eigenvalue weighted by Crippen LogP contribution is -2.40. The number of hydrogen-bond donors (Lipinski definition) is 0. The molecule has 0 amide bonds. The van der Waals surface area contributed by atoms with Crippen molar-refractivity contribution >= 4 is 45.9 Å². The van der Waals surface area contributed by atoms with Crippen LogP contribution in [0.3, 0.4) is 0 Å². The second-order valence-electron chi connectivity index (χ2n) is 11.0. The fourth-order valence-corrected chi connectivity index (χ4v) is 6.86. The zero-order valence-electron chi connectivity index (χ0n) is 25.1. The van der Waals surface area contributed by atoms with Crippen molar-refractivity contribution in [1.29, 1.82) is 0 Å². The lowest BCUT2D eigenvalue weighted by Gasteiger charge is -2.25. The summed E-state index contributed by atoms with van der Waals surface area (Å²) in [6.07, 6.45) is 1.63. The van der Waals surface area contributed by atoms with Gasteiger partial charge in [-0.05, 0) is 75.2 Å². The van der Waals surface area contributed by atoms with Crippen molar-refractivity contribution in [2.75, 3.05) is 7.11 Å².